The molecule has 0 atom stereocenters. The topological polar surface area (TPSA) is 79.7 Å². The van der Waals surface area contributed by atoms with Crippen molar-refractivity contribution in [2.24, 2.45) is 0 Å². The van der Waals surface area contributed by atoms with Gasteiger partial charge in [0, 0.05) is 0 Å². The number of ether oxygens (including phenoxy) is 3. The van der Waals surface area contributed by atoms with E-state index in [2.05, 4.69) is 5.10 Å². The van der Waals surface area contributed by atoms with Gasteiger partial charge in [-0.15, -0.1) is 0 Å². The summed E-state index contributed by atoms with van der Waals surface area (Å²) in [6.07, 6.45) is 0. The highest BCUT2D eigenvalue weighted by atomic mass is 35.5. The Kier molecular flexibility index (Phi) is 7.43. The molecule has 8 heteroatoms. The van der Waals surface area contributed by atoms with Crippen molar-refractivity contribution >= 4 is 23.5 Å². The summed E-state index contributed by atoms with van der Waals surface area (Å²) in [5.41, 5.74) is 2.22. The van der Waals surface area contributed by atoms with Gasteiger partial charge in [0.1, 0.15) is 23.7 Å². The van der Waals surface area contributed by atoms with E-state index in [9.17, 15) is 9.59 Å². The monoisotopic (exact) mass is 470 g/mol. The third kappa shape index (κ3) is 6.14. The molecule has 0 amide bonds. The minimum Gasteiger partial charge on any atom is -0.487 e. The minimum atomic E-state index is -0.566. The summed E-state index contributed by atoms with van der Waals surface area (Å²) in [4.78, 5) is 24.3. The van der Waals surface area contributed by atoms with Crippen LogP contribution in [0.5, 0.6) is 5.75 Å². The molecule has 0 saturated carbocycles. The molecule has 0 fully saturated rings. The molecule has 0 aliphatic rings. The van der Waals surface area contributed by atoms with Gasteiger partial charge in [0.15, 0.2) is 0 Å². The van der Waals surface area contributed by atoms with Crippen molar-refractivity contribution in [1.29, 1.82) is 0 Å². The van der Waals surface area contributed by atoms with E-state index in [0.29, 0.717) is 45.6 Å². The van der Waals surface area contributed by atoms with Gasteiger partial charge in [-0.3, -0.25) is 0 Å². The van der Waals surface area contributed by atoms with Gasteiger partial charge in [-0.25, -0.2) is 14.3 Å². The van der Waals surface area contributed by atoms with Crippen LogP contribution in [-0.2, 0) is 16.1 Å². The number of esters is 2. The molecule has 174 valence electrons. The number of halogens is 1. The number of benzene rings is 2. The zero-order valence-electron chi connectivity index (χ0n) is 19.3. The lowest BCUT2D eigenvalue weighted by atomic mass is 10.1. The van der Waals surface area contributed by atoms with Gasteiger partial charge >= 0.3 is 11.9 Å². The fourth-order valence-corrected chi connectivity index (χ4v) is 3.22. The molecule has 3 aromatic rings. The molecule has 0 saturated heterocycles. The first kappa shape index (κ1) is 24.3. The summed E-state index contributed by atoms with van der Waals surface area (Å²) in [5, 5.41) is 4.98. The van der Waals surface area contributed by atoms with Crippen molar-refractivity contribution in [3.8, 4) is 11.4 Å². The third-order valence-electron chi connectivity index (χ3n) is 4.54. The molecule has 7 nitrogen and oxygen atoms in total. The number of hydrogen-bond donors (Lipinski definition) is 0. The Morgan fingerprint density at radius 2 is 1.73 bits per heavy atom. The van der Waals surface area contributed by atoms with Gasteiger partial charge in [0.2, 0.25) is 0 Å². The Bertz CT molecular complexity index is 1150. The second-order valence-corrected chi connectivity index (χ2v) is 8.72. The predicted molar refractivity (Wildman–Crippen MR) is 125 cm³/mol. The molecule has 0 spiro atoms. The SMILES string of the molecule is CCOC(=O)c1cccc(-n2nc(C)c(Cl)c2COc2ccc(C(=O)OC(C)(C)C)cc2)c1. The zero-order valence-corrected chi connectivity index (χ0v) is 20.1. The van der Waals surface area contributed by atoms with Crippen molar-refractivity contribution in [3.05, 3.63) is 76.1 Å². The highest BCUT2D eigenvalue weighted by molar-refractivity contribution is 6.31. The first-order valence-electron chi connectivity index (χ1n) is 10.6. The van der Waals surface area contributed by atoms with E-state index in [1.807, 2.05) is 26.8 Å². The molecule has 1 aromatic heterocycles. The molecule has 2 aromatic carbocycles. The Labute approximate surface area is 198 Å². The second kappa shape index (κ2) is 10.1. The van der Waals surface area contributed by atoms with Crippen molar-refractivity contribution in [1.82, 2.24) is 9.78 Å². The molecule has 0 unspecified atom stereocenters. The Hall–Kier alpha value is -3.32. The van der Waals surface area contributed by atoms with Gasteiger partial charge in [0.05, 0.1) is 34.1 Å². The van der Waals surface area contributed by atoms with Crippen LogP contribution in [0.3, 0.4) is 0 Å². The summed E-state index contributed by atoms with van der Waals surface area (Å²) in [6.45, 7) is 9.44. The van der Waals surface area contributed by atoms with Crippen LogP contribution in [0.15, 0.2) is 48.5 Å². The van der Waals surface area contributed by atoms with Crippen LogP contribution >= 0.6 is 11.6 Å². The molecule has 1 heterocycles. The Morgan fingerprint density at radius 3 is 2.36 bits per heavy atom. The summed E-state index contributed by atoms with van der Waals surface area (Å²) in [6, 6.07) is 13.6. The molecule has 0 bridgehead atoms. The van der Waals surface area contributed by atoms with E-state index in [1.165, 1.54) is 0 Å². The van der Waals surface area contributed by atoms with Gasteiger partial charge in [0.25, 0.3) is 0 Å². The quantitative estimate of drug-likeness (QED) is 0.421. The maximum absolute atomic E-state index is 12.2. The summed E-state index contributed by atoms with van der Waals surface area (Å²) < 4.78 is 18.0. The van der Waals surface area contributed by atoms with Gasteiger partial charge in [-0.2, -0.15) is 5.10 Å². The van der Waals surface area contributed by atoms with Crippen molar-refractivity contribution in [2.45, 2.75) is 46.8 Å². The molecule has 33 heavy (non-hydrogen) atoms. The van der Waals surface area contributed by atoms with E-state index in [0.717, 1.165) is 0 Å². The van der Waals surface area contributed by atoms with Gasteiger partial charge in [-0.1, -0.05) is 17.7 Å². The number of rotatable bonds is 7. The first-order valence-corrected chi connectivity index (χ1v) is 10.9. The molecule has 0 N–H and O–H groups in total. The maximum Gasteiger partial charge on any atom is 0.338 e. The van der Waals surface area contributed by atoms with Gasteiger partial charge < -0.3 is 14.2 Å². The summed E-state index contributed by atoms with van der Waals surface area (Å²) in [5.74, 6) is -0.242. The van der Waals surface area contributed by atoms with E-state index >= 15 is 0 Å². The second-order valence-electron chi connectivity index (χ2n) is 8.34. The number of carbonyl (C=O) groups is 2. The van der Waals surface area contributed by atoms with Crippen molar-refractivity contribution in [2.75, 3.05) is 6.61 Å². The Balaban J connectivity index is 1.79. The zero-order chi connectivity index (χ0) is 24.2. The largest absolute Gasteiger partial charge is 0.487 e. The van der Waals surface area contributed by atoms with E-state index < -0.39 is 17.5 Å². The summed E-state index contributed by atoms with van der Waals surface area (Å²) >= 11 is 6.49. The normalized spacial score (nSPS) is 11.2. The molecule has 0 aliphatic heterocycles. The van der Waals surface area contributed by atoms with Crippen LogP contribution in [0.25, 0.3) is 5.69 Å². The van der Waals surface area contributed by atoms with E-state index in [-0.39, 0.29) is 6.61 Å². The minimum absolute atomic E-state index is 0.134. The van der Waals surface area contributed by atoms with Crippen LogP contribution in [0, 0.1) is 6.92 Å². The van der Waals surface area contributed by atoms with Gasteiger partial charge in [-0.05, 0) is 77.1 Å². The van der Waals surface area contributed by atoms with Crippen LogP contribution in [0.1, 0.15) is 59.8 Å². The van der Waals surface area contributed by atoms with Crippen LogP contribution in [-0.4, -0.2) is 33.9 Å². The number of aromatic nitrogens is 2. The fourth-order valence-electron chi connectivity index (χ4n) is 3.05. The average Bonchev–Trinajstić information content (AvgIpc) is 3.05. The number of nitrogens with zero attached hydrogens (tertiary/aromatic N) is 2. The van der Waals surface area contributed by atoms with E-state index in [4.69, 9.17) is 25.8 Å². The Morgan fingerprint density at radius 1 is 1.03 bits per heavy atom. The molecular formula is C25H27ClN2O5. The van der Waals surface area contributed by atoms with E-state index in [1.54, 1.807) is 61.0 Å². The lowest BCUT2D eigenvalue weighted by Gasteiger charge is -2.19. The van der Waals surface area contributed by atoms with Crippen LogP contribution in [0.4, 0.5) is 0 Å². The molecule has 0 aliphatic carbocycles. The van der Waals surface area contributed by atoms with Crippen molar-refractivity contribution < 1.29 is 23.8 Å². The first-order chi connectivity index (χ1) is 15.6. The summed E-state index contributed by atoms with van der Waals surface area (Å²) in [7, 11) is 0. The number of aryl methyl sites for hydroxylation is 1. The highest BCUT2D eigenvalue weighted by Gasteiger charge is 2.19. The van der Waals surface area contributed by atoms with Crippen molar-refractivity contribution in [3.63, 3.8) is 0 Å². The van der Waals surface area contributed by atoms with Crippen LogP contribution < -0.4 is 4.74 Å². The predicted octanol–water partition coefficient (Wildman–Crippen LogP) is 5.55. The number of hydrogen-bond acceptors (Lipinski definition) is 6. The number of carbonyl (C=O) groups excluding carboxylic acids is 2. The third-order valence-corrected chi connectivity index (χ3v) is 5.03. The molecular weight excluding hydrogens is 444 g/mol. The highest BCUT2D eigenvalue weighted by Crippen LogP contribution is 2.26. The van der Waals surface area contributed by atoms with Crippen LogP contribution in [0.2, 0.25) is 5.02 Å². The standard InChI is InChI=1S/C25H27ClN2O5/c1-6-31-23(29)18-8-7-9-19(14-18)28-21(22(26)16(2)27-28)15-32-20-12-10-17(11-13-20)24(30)33-25(3,4)5/h7-14H,6,15H2,1-5H3. The average molecular weight is 471 g/mol. The smallest absolute Gasteiger partial charge is 0.338 e. The maximum atomic E-state index is 12.2. The lowest BCUT2D eigenvalue weighted by Crippen LogP contribution is -2.23. The lowest BCUT2D eigenvalue weighted by molar-refractivity contribution is 0.00692. The fraction of sp³-hybridized carbons (Fsp3) is 0.320. The molecule has 3 rings (SSSR count). The molecule has 0 radical (unpaired) electrons.